The molecule has 1 N–H and O–H groups in total. The molecule has 148 valence electrons. The van der Waals surface area contributed by atoms with Crippen LogP contribution in [0.25, 0.3) is 11.0 Å². The molecule has 2 aromatic carbocycles. The number of benzene rings is 2. The van der Waals surface area contributed by atoms with E-state index in [0.29, 0.717) is 0 Å². The van der Waals surface area contributed by atoms with E-state index in [-0.39, 0.29) is 0 Å². The largest absolute Gasteiger partial charge is 0.497 e. The van der Waals surface area contributed by atoms with E-state index in [4.69, 9.17) is 9.72 Å². The first kappa shape index (κ1) is 19.9. The monoisotopic (exact) mass is 421 g/mol. The van der Waals surface area contributed by atoms with Crippen LogP contribution >= 0.6 is 23.5 Å². The zero-order valence-corrected chi connectivity index (χ0v) is 18.4. The Morgan fingerprint density at radius 1 is 1.00 bits per heavy atom. The van der Waals surface area contributed by atoms with Crippen molar-refractivity contribution in [1.29, 1.82) is 0 Å². The second-order valence-corrected chi connectivity index (χ2v) is 8.78. The average Bonchev–Trinajstić information content (AvgIpc) is 3.15. The Labute approximate surface area is 179 Å². The van der Waals surface area contributed by atoms with Gasteiger partial charge in [0.25, 0.3) is 0 Å². The number of aromatic amines is 1. The van der Waals surface area contributed by atoms with E-state index < -0.39 is 0 Å². The van der Waals surface area contributed by atoms with Crippen molar-refractivity contribution in [3.8, 4) is 5.75 Å². The lowest BCUT2D eigenvalue weighted by molar-refractivity contribution is 0.415. The minimum atomic E-state index is 0.780. The van der Waals surface area contributed by atoms with Crippen molar-refractivity contribution in [2.24, 2.45) is 0 Å². The van der Waals surface area contributed by atoms with Gasteiger partial charge in [0.2, 0.25) is 0 Å². The third-order valence-electron chi connectivity index (χ3n) is 4.79. The standard InChI is InChI=1S/C23H23N3OS2/c1-15-12-24-21(16(2)22(15)28-13-17-7-5-4-6-8-17)14-29-23-25-19-10-9-18(27-3)11-20(19)26-23/h4-12H,13-14H2,1-3H3,(H,25,26). The minimum Gasteiger partial charge on any atom is -0.497 e. The van der Waals surface area contributed by atoms with Crippen molar-refractivity contribution in [1.82, 2.24) is 15.0 Å². The molecule has 2 aromatic heterocycles. The molecular weight excluding hydrogens is 398 g/mol. The normalized spacial score (nSPS) is 11.1. The molecule has 0 amide bonds. The second-order valence-electron chi connectivity index (χ2n) is 6.83. The summed E-state index contributed by atoms with van der Waals surface area (Å²) in [6, 6.07) is 16.5. The first-order chi connectivity index (χ1) is 14.1. The lowest BCUT2D eigenvalue weighted by Gasteiger charge is -2.13. The summed E-state index contributed by atoms with van der Waals surface area (Å²) in [5, 5.41) is 0.897. The zero-order valence-electron chi connectivity index (χ0n) is 16.7. The fourth-order valence-electron chi connectivity index (χ4n) is 3.15. The van der Waals surface area contributed by atoms with Gasteiger partial charge in [-0.3, -0.25) is 4.98 Å². The maximum atomic E-state index is 5.28. The van der Waals surface area contributed by atoms with Crippen LogP contribution in [0.5, 0.6) is 5.75 Å². The highest BCUT2D eigenvalue weighted by Gasteiger charge is 2.12. The number of methoxy groups -OCH3 is 1. The van der Waals surface area contributed by atoms with Crippen molar-refractivity contribution in [3.63, 3.8) is 0 Å². The second kappa shape index (κ2) is 8.93. The summed E-state index contributed by atoms with van der Waals surface area (Å²) in [5.41, 5.74) is 6.86. The molecule has 0 radical (unpaired) electrons. The number of aromatic nitrogens is 3. The quantitative estimate of drug-likeness (QED) is 0.362. The van der Waals surface area contributed by atoms with Gasteiger partial charge in [-0.25, -0.2) is 4.98 Å². The van der Waals surface area contributed by atoms with Gasteiger partial charge in [0.05, 0.1) is 23.8 Å². The van der Waals surface area contributed by atoms with Gasteiger partial charge in [-0.05, 0) is 42.7 Å². The van der Waals surface area contributed by atoms with Gasteiger partial charge >= 0.3 is 0 Å². The molecule has 0 aliphatic rings. The van der Waals surface area contributed by atoms with E-state index in [2.05, 4.69) is 54.1 Å². The lowest BCUT2D eigenvalue weighted by Crippen LogP contribution is -1.97. The van der Waals surface area contributed by atoms with Gasteiger partial charge in [-0.1, -0.05) is 42.1 Å². The predicted octanol–water partition coefficient (Wildman–Crippen LogP) is 6.17. The third-order valence-corrected chi connectivity index (χ3v) is 7.06. The average molecular weight is 422 g/mol. The molecule has 0 atom stereocenters. The van der Waals surface area contributed by atoms with Crippen molar-refractivity contribution in [3.05, 3.63) is 77.1 Å². The van der Waals surface area contributed by atoms with E-state index >= 15 is 0 Å². The minimum absolute atomic E-state index is 0.780. The molecule has 29 heavy (non-hydrogen) atoms. The number of imidazole rings is 1. The Bertz CT molecular complexity index is 1130. The highest BCUT2D eigenvalue weighted by Crippen LogP contribution is 2.32. The first-order valence-corrected chi connectivity index (χ1v) is 11.4. The van der Waals surface area contributed by atoms with Crippen LogP contribution in [-0.4, -0.2) is 22.1 Å². The molecule has 4 rings (SSSR count). The number of fused-ring (bicyclic) bond motifs is 1. The first-order valence-electron chi connectivity index (χ1n) is 9.42. The molecular formula is C23H23N3OS2. The Balaban J connectivity index is 1.48. The molecule has 0 spiro atoms. The van der Waals surface area contributed by atoms with Gasteiger partial charge in [0.1, 0.15) is 5.75 Å². The predicted molar refractivity (Wildman–Crippen MR) is 122 cm³/mol. The number of aryl methyl sites for hydroxylation is 1. The maximum absolute atomic E-state index is 5.28. The number of pyridine rings is 1. The molecule has 6 heteroatoms. The molecule has 0 fully saturated rings. The summed E-state index contributed by atoms with van der Waals surface area (Å²) in [7, 11) is 1.67. The lowest BCUT2D eigenvalue weighted by atomic mass is 10.2. The Morgan fingerprint density at radius 3 is 2.62 bits per heavy atom. The maximum Gasteiger partial charge on any atom is 0.166 e. The van der Waals surface area contributed by atoms with Crippen LogP contribution in [-0.2, 0) is 11.5 Å². The third kappa shape index (κ3) is 4.60. The van der Waals surface area contributed by atoms with Crippen LogP contribution in [0.2, 0.25) is 0 Å². The molecule has 0 aliphatic carbocycles. The summed E-state index contributed by atoms with van der Waals surface area (Å²) < 4.78 is 5.28. The van der Waals surface area contributed by atoms with Crippen LogP contribution in [0.4, 0.5) is 0 Å². The molecule has 0 aliphatic heterocycles. The summed E-state index contributed by atoms with van der Waals surface area (Å²) in [6.07, 6.45) is 1.99. The summed E-state index contributed by atoms with van der Waals surface area (Å²) in [4.78, 5) is 14.1. The van der Waals surface area contributed by atoms with Gasteiger partial charge < -0.3 is 9.72 Å². The number of thioether (sulfide) groups is 2. The van der Waals surface area contributed by atoms with E-state index in [9.17, 15) is 0 Å². The molecule has 4 nitrogen and oxygen atoms in total. The fourth-order valence-corrected chi connectivity index (χ4v) is 5.18. The van der Waals surface area contributed by atoms with Gasteiger partial charge in [-0.15, -0.1) is 11.8 Å². The SMILES string of the molecule is COc1ccc2[nH]c(SCc3ncc(C)c(SCc4ccccc4)c3C)nc2c1. The molecule has 4 aromatic rings. The van der Waals surface area contributed by atoms with Crippen LogP contribution < -0.4 is 4.74 Å². The number of hydrogen-bond donors (Lipinski definition) is 1. The molecule has 0 saturated heterocycles. The van der Waals surface area contributed by atoms with Gasteiger partial charge in [0.15, 0.2) is 5.16 Å². The molecule has 0 saturated carbocycles. The van der Waals surface area contributed by atoms with Crippen molar-refractivity contribution < 1.29 is 4.74 Å². The van der Waals surface area contributed by atoms with Crippen LogP contribution in [0.15, 0.2) is 64.8 Å². The highest BCUT2D eigenvalue weighted by molar-refractivity contribution is 7.98. The zero-order chi connectivity index (χ0) is 20.2. The summed E-state index contributed by atoms with van der Waals surface area (Å²) >= 11 is 3.56. The summed E-state index contributed by atoms with van der Waals surface area (Å²) in [5.74, 6) is 2.56. The number of rotatable bonds is 7. The number of nitrogens with one attached hydrogen (secondary N) is 1. The summed E-state index contributed by atoms with van der Waals surface area (Å²) in [6.45, 7) is 4.31. The number of H-pyrrole nitrogens is 1. The van der Waals surface area contributed by atoms with E-state index in [1.54, 1.807) is 18.9 Å². The highest BCUT2D eigenvalue weighted by atomic mass is 32.2. The Kier molecular flexibility index (Phi) is 6.11. The molecule has 0 bridgehead atoms. The van der Waals surface area contributed by atoms with E-state index in [1.807, 2.05) is 36.2 Å². The Morgan fingerprint density at radius 2 is 1.83 bits per heavy atom. The molecule has 2 heterocycles. The number of ether oxygens (including phenoxy) is 1. The van der Waals surface area contributed by atoms with Crippen LogP contribution in [0.1, 0.15) is 22.4 Å². The topological polar surface area (TPSA) is 50.8 Å². The van der Waals surface area contributed by atoms with Crippen molar-refractivity contribution in [2.75, 3.05) is 7.11 Å². The van der Waals surface area contributed by atoms with Crippen molar-refractivity contribution >= 4 is 34.6 Å². The van der Waals surface area contributed by atoms with Crippen LogP contribution in [0.3, 0.4) is 0 Å². The molecule has 0 unspecified atom stereocenters. The fraction of sp³-hybridized carbons (Fsp3) is 0.217. The van der Waals surface area contributed by atoms with E-state index in [1.165, 1.54) is 21.6 Å². The Hall–Kier alpha value is -2.44. The van der Waals surface area contributed by atoms with Crippen molar-refractivity contribution in [2.45, 2.75) is 35.4 Å². The van der Waals surface area contributed by atoms with Gasteiger partial charge in [0, 0.05) is 28.7 Å². The number of nitrogens with zero attached hydrogens (tertiary/aromatic N) is 2. The van der Waals surface area contributed by atoms with Crippen LogP contribution in [0, 0.1) is 13.8 Å². The van der Waals surface area contributed by atoms with E-state index in [0.717, 1.165) is 39.1 Å². The smallest absolute Gasteiger partial charge is 0.166 e. The van der Waals surface area contributed by atoms with Gasteiger partial charge in [-0.2, -0.15) is 0 Å². The number of hydrogen-bond acceptors (Lipinski definition) is 5.